The number of aliphatic hydroxyl groups excluding tert-OH is 1. The number of hydrogen-bond acceptors (Lipinski definition) is 8. The van der Waals surface area contributed by atoms with Gasteiger partial charge in [0.05, 0.1) is 12.0 Å². The maximum absolute atomic E-state index is 13.4. The Bertz CT molecular complexity index is 1060. The second-order valence-electron chi connectivity index (χ2n) is 12.3. The summed E-state index contributed by atoms with van der Waals surface area (Å²) in [6.07, 6.45) is 7.85. The van der Waals surface area contributed by atoms with Crippen LogP contribution in [-0.4, -0.2) is 70.8 Å². The number of thioether (sulfide) groups is 1. The van der Waals surface area contributed by atoms with Crippen molar-refractivity contribution >= 4 is 35.6 Å². The fraction of sp³-hybridized carbons (Fsp3) is 0.625. The number of nitrogens with one attached hydrogen (secondary N) is 3. The second-order valence-corrected chi connectivity index (χ2v) is 13.2. The summed E-state index contributed by atoms with van der Waals surface area (Å²) in [7, 11) is 0. The van der Waals surface area contributed by atoms with Crippen molar-refractivity contribution in [1.82, 2.24) is 16.0 Å². The molecule has 43 heavy (non-hydrogen) atoms. The van der Waals surface area contributed by atoms with Gasteiger partial charge >= 0.3 is 6.09 Å². The molecule has 0 radical (unpaired) electrons. The molecule has 1 aromatic rings. The minimum atomic E-state index is -1.16. The average Bonchev–Trinajstić information content (AvgIpc) is 2.94. The van der Waals surface area contributed by atoms with Crippen molar-refractivity contribution in [2.75, 3.05) is 12.0 Å². The van der Waals surface area contributed by atoms with Crippen molar-refractivity contribution in [1.29, 1.82) is 0 Å². The highest BCUT2D eigenvalue weighted by Crippen LogP contribution is 2.28. The van der Waals surface area contributed by atoms with Gasteiger partial charge in [-0.25, -0.2) is 4.79 Å². The number of carbonyl (C=O) groups excluding carboxylic acids is 4. The SMILES string of the molecule is C=CCC(C(=O)NC(=O)[C@H](CSC)NC(=O)[C@H](Cc1ccccc1)NC(=O)OC(C)(C)C)C(O)C(N)CC1CCCCC1. The Morgan fingerprint density at radius 2 is 1.70 bits per heavy atom. The van der Waals surface area contributed by atoms with Gasteiger partial charge in [0.25, 0.3) is 0 Å². The molecule has 0 spiro atoms. The molecule has 240 valence electrons. The van der Waals surface area contributed by atoms with E-state index in [4.69, 9.17) is 10.5 Å². The van der Waals surface area contributed by atoms with Gasteiger partial charge in [-0.05, 0) is 51.3 Å². The number of allylic oxidation sites excluding steroid dienone is 1. The van der Waals surface area contributed by atoms with Crippen molar-refractivity contribution in [3.05, 3.63) is 48.6 Å². The molecule has 0 bridgehead atoms. The summed E-state index contributed by atoms with van der Waals surface area (Å²) in [6.45, 7) is 8.85. The van der Waals surface area contributed by atoms with Crippen LogP contribution in [0.4, 0.5) is 4.79 Å². The molecule has 10 nitrogen and oxygen atoms in total. The first-order valence-corrected chi connectivity index (χ1v) is 16.5. The number of carbonyl (C=O) groups is 4. The zero-order chi connectivity index (χ0) is 32.0. The summed E-state index contributed by atoms with van der Waals surface area (Å²) >= 11 is 1.31. The van der Waals surface area contributed by atoms with Crippen LogP contribution in [0.1, 0.15) is 71.3 Å². The molecular formula is C32H50N4O6S. The van der Waals surface area contributed by atoms with E-state index < -0.39 is 59.6 Å². The maximum Gasteiger partial charge on any atom is 0.408 e. The predicted molar refractivity (Wildman–Crippen MR) is 170 cm³/mol. The third kappa shape index (κ3) is 13.1. The standard InChI is InChI=1S/C32H50N4O6S/c1-6-13-23(27(37)24(33)18-21-14-9-7-10-15-21)28(38)36-30(40)26(20-43-5)34-29(39)25(19-22-16-11-8-12-17-22)35-31(41)42-32(2,3)4/h6,8,11-12,16-17,21,23-27,37H,1,7,9-10,13-15,18-20,33H2,2-5H3,(H,34,39)(H,35,41)(H,36,38,40)/t23?,24?,25-,26-,27?/m0/s1. The lowest BCUT2D eigenvalue weighted by Crippen LogP contribution is -2.57. The van der Waals surface area contributed by atoms with Crippen LogP contribution in [0.5, 0.6) is 0 Å². The molecule has 4 amide bonds. The Morgan fingerprint density at radius 1 is 1.05 bits per heavy atom. The summed E-state index contributed by atoms with van der Waals surface area (Å²) in [5.74, 6) is -2.38. The number of benzene rings is 1. The van der Waals surface area contributed by atoms with E-state index in [0.29, 0.717) is 12.3 Å². The second kappa shape index (κ2) is 18.0. The van der Waals surface area contributed by atoms with E-state index in [-0.39, 0.29) is 18.6 Å². The molecule has 0 aromatic heterocycles. The van der Waals surface area contributed by atoms with E-state index >= 15 is 0 Å². The number of alkyl carbamates (subject to hydrolysis) is 1. The van der Waals surface area contributed by atoms with E-state index in [0.717, 1.165) is 31.2 Å². The molecule has 2 rings (SSSR count). The summed E-state index contributed by atoms with van der Waals surface area (Å²) in [5, 5.41) is 18.7. The average molecular weight is 619 g/mol. The number of hydrogen-bond donors (Lipinski definition) is 5. The third-order valence-corrected chi connectivity index (χ3v) is 8.11. The highest BCUT2D eigenvalue weighted by atomic mass is 32.2. The van der Waals surface area contributed by atoms with Crippen molar-refractivity contribution in [2.45, 2.75) is 102 Å². The fourth-order valence-corrected chi connectivity index (χ4v) is 5.83. The van der Waals surface area contributed by atoms with Crippen LogP contribution >= 0.6 is 11.8 Å². The van der Waals surface area contributed by atoms with Crippen molar-refractivity contribution < 1.29 is 29.0 Å². The Kier molecular flexibility index (Phi) is 15.2. The summed E-state index contributed by atoms with van der Waals surface area (Å²) in [4.78, 5) is 52.5. The molecule has 6 N–H and O–H groups in total. The van der Waals surface area contributed by atoms with Crippen molar-refractivity contribution in [2.24, 2.45) is 17.6 Å². The Labute approximate surface area is 260 Å². The van der Waals surface area contributed by atoms with Gasteiger partial charge < -0.3 is 26.2 Å². The minimum absolute atomic E-state index is 0.136. The van der Waals surface area contributed by atoms with Crippen LogP contribution in [0, 0.1) is 11.8 Å². The molecule has 0 heterocycles. The first-order chi connectivity index (χ1) is 20.3. The van der Waals surface area contributed by atoms with Gasteiger partial charge in [-0.1, -0.05) is 68.5 Å². The van der Waals surface area contributed by atoms with E-state index in [1.54, 1.807) is 27.0 Å². The van der Waals surface area contributed by atoms with Gasteiger partial charge in [0, 0.05) is 18.2 Å². The van der Waals surface area contributed by atoms with Crippen LogP contribution in [0.3, 0.4) is 0 Å². The quantitative estimate of drug-likeness (QED) is 0.187. The van der Waals surface area contributed by atoms with Crippen molar-refractivity contribution in [3.63, 3.8) is 0 Å². The minimum Gasteiger partial charge on any atom is -0.444 e. The van der Waals surface area contributed by atoms with E-state index in [1.165, 1.54) is 24.3 Å². The van der Waals surface area contributed by atoms with Gasteiger partial charge in [-0.3, -0.25) is 19.7 Å². The van der Waals surface area contributed by atoms with Crippen LogP contribution < -0.4 is 21.7 Å². The Balaban J connectivity index is 2.12. The van der Waals surface area contributed by atoms with E-state index in [2.05, 4.69) is 22.5 Å². The monoisotopic (exact) mass is 618 g/mol. The number of aliphatic hydroxyl groups is 1. The van der Waals surface area contributed by atoms with Crippen LogP contribution in [0.2, 0.25) is 0 Å². The number of rotatable bonds is 15. The molecule has 11 heteroatoms. The van der Waals surface area contributed by atoms with Gasteiger partial charge in [-0.15, -0.1) is 6.58 Å². The molecule has 1 aliphatic carbocycles. The third-order valence-electron chi connectivity index (χ3n) is 7.44. The zero-order valence-electron chi connectivity index (χ0n) is 26.0. The van der Waals surface area contributed by atoms with Gasteiger partial charge in [0.1, 0.15) is 17.7 Å². The summed E-state index contributed by atoms with van der Waals surface area (Å²) in [5.41, 5.74) is 6.37. The number of ether oxygens (including phenoxy) is 1. The predicted octanol–water partition coefficient (Wildman–Crippen LogP) is 3.46. The molecule has 0 saturated heterocycles. The van der Waals surface area contributed by atoms with Crippen LogP contribution in [0.25, 0.3) is 0 Å². The normalized spacial score (nSPS) is 17.4. The molecule has 1 aromatic carbocycles. The largest absolute Gasteiger partial charge is 0.444 e. The lowest BCUT2D eigenvalue weighted by Gasteiger charge is -2.30. The van der Waals surface area contributed by atoms with Gasteiger partial charge in [-0.2, -0.15) is 11.8 Å². The first-order valence-electron chi connectivity index (χ1n) is 15.1. The molecule has 1 saturated carbocycles. The highest BCUT2D eigenvalue weighted by molar-refractivity contribution is 7.98. The maximum atomic E-state index is 13.4. The first kappa shape index (κ1) is 36.3. The molecule has 1 aliphatic rings. The van der Waals surface area contributed by atoms with Gasteiger partial charge in [0.15, 0.2) is 0 Å². The topological polar surface area (TPSA) is 160 Å². The van der Waals surface area contributed by atoms with E-state index in [1.807, 2.05) is 30.3 Å². The van der Waals surface area contributed by atoms with E-state index in [9.17, 15) is 24.3 Å². The smallest absolute Gasteiger partial charge is 0.408 e. The molecule has 0 aliphatic heterocycles. The van der Waals surface area contributed by atoms with Gasteiger partial charge in [0.2, 0.25) is 17.7 Å². The number of nitrogens with two attached hydrogens (primary N) is 1. The molecular weight excluding hydrogens is 568 g/mol. The Morgan fingerprint density at radius 3 is 2.28 bits per heavy atom. The molecule has 5 atom stereocenters. The number of imide groups is 1. The molecule has 1 fully saturated rings. The fourth-order valence-electron chi connectivity index (χ4n) is 5.26. The van der Waals surface area contributed by atoms with Crippen LogP contribution in [-0.2, 0) is 25.5 Å². The lowest BCUT2D eigenvalue weighted by molar-refractivity contribution is -0.137. The highest BCUT2D eigenvalue weighted by Gasteiger charge is 2.35. The van der Waals surface area contributed by atoms with Crippen molar-refractivity contribution in [3.8, 4) is 0 Å². The lowest BCUT2D eigenvalue weighted by atomic mass is 9.81. The molecule has 3 unspecified atom stereocenters. The van der Waals surface area contributed by atoms with Crippen LogP contribution in [0.15, 0.2) is 43.0 Å². The zero-order valence-corrected chi connectivity index (χ0v) is 26.8. The Hall–Kier alpha value is -2.89. The summed E-state index contributed by atoms with van der Waals surface area (Å²) in [6, 6.07) is 6.40. The summed E-state index contributed by atoms with van der Waals surface area (Å²) < 4.78 is 5.35. The number of amides is 4.